The molecule has 122 valence electrons. The van der Waals surface area contributed by atoms with Gasteiger partial charge in [0.15, 0.2) is 0 Å². The molecular weight excluding hydrogens is 336 g/mol. The van der Waals surface area contributed by atoms with E-state index in [0.717, 1.165) is 10.4 Å². The zero-order valence-corrected chi connectivity index (χ0v) is 14.7. The first kappa shape index (κ1) is 17.4. The number of carbonyl (C=O) groups excluding carboxylic acids is 2. The standard InChI is InChI=1S/C16H17ClN2O3S/c1-4-11-9(3)23-15(13(11)16(21)22-5-2)19-14(20)10-6-7-12(17)18-8-10/h6-8H,4-5H2,1-3H3,(H,19,20). The number of esters is 1. The van der Waals surface area contributed by atoms with Crippen LogP contribution in [0.5, 0.6) is 0 Å². The van der Waals surface area contributed by atoms with Crippen LogP contribution in [0.2, 0.25) is 5.15 Å². The highest BCUT2D eigenvalue weighted by molar-refractivity contribution is 7.16. The molecule has 7 heteroatoms. The number of amides is 1. The van der Waals surface area contributed by atoms with E-state index < -0.39 is 5.97 Å². The van der Waals surface area contributed by atoms with Crippen LogP contribution in [0.25, 0.3) is 0 Å². The lowest BCUT2D eigenvalue weighted by molar-refractivity contribution is 0.0527. The van der Waals surface area contributed by atoms with Gasteiger partial charge >= 0.3 is 5.97 Å². The topological polar surface area (TPSA) is 68.3 Å². The Morgan fingerprint density at radius 3 is 2.65 bits per heavy atom. The fourth-order valence-corrected chi connectivity index (χ4v) is 3.44. The fourth-order valence-electron chi connectivity index (χ4n) is 2.20. The molecule has 0 aliphatic carbocycles. The molecule has 0 aromatic carbocycles. The lowest BCUT2D eigenvalue weighted by Gasteiger charge is -2.08. The number of carbonyl (C=O) groups is 2. The lowest BCUT2D eigenvalue weighted by atomic mass is 10.1. The largest absolute Gasteiger partial charge is 0.462 e. The molecule has 0 aliphatic heterocycles. The number of anilines is 1. The van der Waals surface area contributed by atoms with Crippen LogP contribution in [-0.2, 0) is 11.2 Å². The van der Waals surface area contributed by atoms with Crippen molar-refractivity contribution in [3.8, 4) is 0 Å². The molecule has 0 fully saturated rings. The van der Waals surface area contributed by atoms with Crippen molar-refractivity contribution < 1.29 is 14.3 Å². The second-order valence-electron chi connectivity index (χ2n) is 4.74. The van der Waals surface area contributed by atoms with E-state index in [1.165, 1.54) is 17.5 Å². The monoisotopic (exact) mass is 352 g/mol. The average molecular weight is 353 g/mol. The summed E-state index contributed by atoms with van der Waals surface area (Å²) in [5.74, 6) is -0.762. The molecule has 2 heterocycles. The minimum absolute atomic E-state index is 0.283. The number of hydrogen-bond acceptors (Lipinski definition) is 5. The Balaban J connectivity index is 2.33. The van der Waals surface area contributed by atoms with Crippen molar-refractivity contribution >= 4 is 39.8 Å². The smallest absolute Gasteiger partial charge is 0.341 e. The summed E-state index contributed by atoms with van der Waals surface area (Å²) < 4.78 is 5.11. The summed E-state index contributed by atoms with van der Waals surface area (Å²) in [4.78, 5) is 29.4. The maximum atomic E-state index is 12.3. The molecule has 5 nitrogen and oxygen atoms in total. The van der Waals surface area contributed by atoms with Gasteiger partial charge < -0.3 is 10.1 Å². The van der Waals surface area contributed by atoms with Crippen molar-refractivity contribution in [2.24, 2.45) is 0 Å². The van der Waals surface area contributed by atoms with Gasteiger partial charge in [0.1, 0.15) is 10.2 Å². The Kier molecular flexibility index (Phi) is 5.74. The van der Waals surface area contributed by atoms with E-state index >= 15 is 0 Å². The van der Waals surface area contributed by atoms with Gasteiger partial charge in [-0.1, -0.05) is 18.5 Å². The Labute approximate surface area is 143 Å². The van der Waals surface area contributed by atoms with Crippen molar-refractivity contribution in [2.45, 2.75) is 27.2 Å². The van der Waals surface area contributed by atoms with Gasteiger partial charge in [0.2, 0.25) is 0 Å². The number of pyridine rings is 1. The number of nitrogens with one attached hydrogen (secondary N) is 1. The minimum atomic E-state index is -0.418. The van der Waals surface area contributed by atoms with E-state index in [0.29, 0.717) is 27.7 Å². The van der Waals surface area contributed by atoms with Crippen LogP contribution < -0.4 is 5.32 Å². The van der Waals surface area contributed by atoms with E-state index in [4.69, 9.17) is 16.3 Å². The van der Waals surface area contributed by atoms with E-state index in [2.05, 4.69) is 10.3 Å². The minimum Gasteiger partial charge on any atom is -0.462 e. The van der Waals surface area contributed by atoms with Gasteiger partial charge in [0.25, 0.3) is 5.91 Å². The Hall–Kier alpha value is -1.92. The third-order valence-corrected chi connectivity index (χ3v) is 4.55. The Morgan fingerprint density at radius 1 is 1.35 bits per heavy atom. The third kappa shape index (κ3) is 3.89. The molecule has 2 rings (SSSR count). The van der Waals surface area contributed by atoms with Crippen LogP contribution in [-0.4, -0.2) is 23.5 Å². The van der Waals surface area contributed by atoms with Crippen LogP contribution in [0, 0.1) is 6.92 Å². The Bertz CT molecular complexity index is 726. The predicted molar refractivity (Wildman–Crippen MR) is 91.6 cm³/mol. The summed E-state index contributed by atoms with van der Waals surface area (Å²) in [5.41, 5.74) is 1.71. The number of thiophene rings is 1. The summed E-state index contributed by atoms with van der Waals surface area (Å²) in [6.45, 7) is 5.92. The fraction of sp³-hybridized carbons (Fsp3) is 0.312. The van der Waals surface area contributed by atoms with Crippen LogP contribution >= 0.6 is 22.9 Å². The number of ether oxygens (including phenoxy) is 1. The van der Waals surface area contributed by atoms with Gasteiger partial charge in [-0.15, -0.1) is 11.3 Å². The van der Waals surface area contributed by atoms with Gasteiger partial charge in [-0.3, -0.25) is 4.79 Å². The van der Waals surface area contributed by atoms with Crippen molar-refractivity contribution in [3.63, 3.8) is 0 Å². The number of hydrogen-bond donors (Lipinski definition) is 1. The highest BCUT2D eigenvalue weighted by Gasteiger charge is 2.23. The van der Waals surface area contributed by atoms with E-state index in [-0.39, 0.29) is 12.5 Å². The normalized spacial score (nSPS) is 10.4. The first-order valence-electron chi connectivity index (χ1n) is 7.20. The highest BCUT2D eigenvalue weighted by atomic mass is 35.5. The molecule has 1 amide bonds. The predicted octanol–water partition coefficient (Wildman–Crippen LogP) is 4.10. The number of rotatable bonds is 5. The summed E-state index contributed by atoms with van der Waals surface area (Å²) in [6.07, 6.45) is 2.08. The molecule has 2 aromatic rings. The summed E-state index contributed by atoms with van der Waals surface area (Å²) in [5, 5.41) is 3.59. The molecule has 0 spiro atoms. The second-order valence-corrected chi connectivity index (χ2v) is 6.35. The lowest BCUT2D eigenvalue weighted by Crippen LogP contribution is -2.15. The average Bonchev–Trinajstić information content (AvgIpc) is 2.83. The quantitative estimate of drug-likeness (QED) is 0.649. The third-order valence-electron chi connectivity index (χ3n) is 3.26. The number of halogens is 1. The summed E-state index contributed by atoms with van der Waals surface area (Å²) >= 11 is 7.09. The molecule has 0 bridgehead atoms. The zero-order valence-electron chi connectivity index (χ0n) is 13.1. The van der Waals surface area contributed by atoms with E-state index in [9.17, 15) is 9.59 Å². The van der Waals surface area contributed by atoms with Gasteiger partial charge in [0.05, 0.1) is 17.7 Å². The maximum Gasteiger partial charge on any atom is 0.341 e. The Morgan fingerprint density at radius 2 is 2.09 bits per heavy atom. The number of nitrogens with zero attached hydrogens (tertiary/aromatic N) is 1. The molecule has 0 unspecified atom stereocenters. The van der Waals surface area contributed by atoms with Crippen molar-refractivity contribution in [1.29, 1.82) is 0 Å². The van der Waals surface area contributed by atoms with Gasteiger partial charge in [-0.05, 0) is 38.0 Å². The van der Waals surface area contributed by atoms with E-state index in [1.54, 1.807) is 19.1 Å². The number of aromatic nitrogens is 1. The molecule has 0 atom stereocenters. The molecule has 0 radical (unpaired) electrons. The van der Waals surface area contributed by atoms with Crippen molar-refractivity contribution in [2.75, 3.05) is 11.9 Å². The molecule has 1 N–H and O–H groups in total. The molecule has 0 aliphatic rings. The van der Waals surface area contributed by atoms with Crippen molar-refractivity contribution in [1.82, 2.24) is 4.98 Å². The molecular formula is C16H17ClN2O3S. The van der Waals surface area contributed by atoms with Crippen LogP contribution in [0.4, 0.5) is 5.00 Å². The van der Waals surface area contributed by atoms with Crippen LogP contribution in [0.3, 0.4) is 0 Å². The molecule has 0 saturated carbocycles. The number of aryl methyl sites for hydroxylation is 1. The van der Waals surface area contributed by atoms with Gasteiger partial charge in [0, 0.05) is 11.1 Å². The zero-order chi connectivity index (χ0) is 17.0. The first-order chi connectivity index (χ1) is 11.0. The van der Waals surface area contributed by atoms with E-state index in [1.807, 2.05) is 13.8 Å². The van der Waals surface area contributed by atoms with Crippen LogP contribution in [0.1, 0.15) is 45.0 Å². The van der Waals surface area contributed by atoms with Gasteiger partial charge in [-0.25, -0.2) is 9.78 Å². The molecule has 2 aromatic heterocycles. The first-order valence-corrected chi connectivity index (χ1v) is 8.39. The molecule has 0 saturated heterocycles. The summed E-state index contributed by atoms with van der Waals surface area (Å²) in [6, 6.07) is 3.12. The second kappa shape index (κ2) is 7.57. The highest BCUT2D eigenvalue weighted by Crippen LogP contribution is 2.34. The SMILES string of the molecule is CCOC(=O)c1c(NC(=O)c2ccc(Cl)nc2)sc(C)c1CC. The van der Waals surface area contributed by atoms with Crippen molar-refractivity contribution in [3.05, 3.63) is 45.1 Å². The van der Waals surface area contributed by atoms with Crippen LogP contribution in [0.15, 0.2) is 18.3 Å². The molecule has 23 heavy (non-hydrogen) atoms. The van der Waals surface area contributed by atoms with Gasteiger partial charge in [-0.2, -0.15) is 0 Å². The maximum absolute atomic E-state index is 12.3. The summed E-state index contributed by atoms with van der Waals surface area (Å²) in [7, 11) is 0.